The third-order valence-electron chi connectivity index (χ3n) is 3.92. The zero-order valence-electron chi connectivity index (χ0n) is 12.7. The molecule has 110 valence electrons. The molecule has 19 heavy (non-hydrogen) atoms. The van der Waals surface area contributed by atoms with Gasteiger partial charge in [0.05, 0.1) is 24.0 Å². The van der Waals surface area contributed by atoms with Crippen LogP contribution in [0, 0.1) is 5.92 Å². The van der Waals surface area contributed by atoms with Crippen molar-refractivity contribution in [1.82, 2.24) is 20.3 Å². The van der Waals surface area contributed by atoms with Crippen molar-refractivity contribution in [3.05, 3.63) is 11.9 Å². The Morgan fingerprint density at radius 2 is 2.16 bits per heavy atom. The minimum Gasteiger partial charge on any atom is -0.388 e. The second-order valence-corrected chi connectivity index (χ2v) is 5.56. The largest absolute Gasteiger partial charge is 0.388 e. The number of hydrogen-bond donors (Lipinski definition) is 2. The van der Waals surface area contributed by atoms with Crippen LogP contribution in [0.3, 0.4) is 0 Å². The zero-order chi connectivity index (χ0) is 14.3. The molecule has 0 saturated carbocycles. The maximum absolute atomic E-state index is 10.6. The van der Waals surface area contributed by atoms with E-state index >= 15 is 0 Å². The highest BCUT2D eigenvalue weighted by atomic mass is 16.3. The van der Waals surface area contributed by atoms with Crippen LogP contribution < -0.4 is 5.32 Å². The van der Waals surface area contributed by atoms with E-state index in [4.69, 9.17) is 0 Å². The van der Waals surface area contributed by atoms with Crippen LogP contribution in [0.2, 0.25) is 0 Å². The minimum atomic E-state index is -0.701. The maximum atomic E-state index is 10.6. The molecule has 1 atom stereocenters. The van der Waals surface area contributed by atoms with Crippen molar-refractivity contribution in [3.8, 4) is 0 Å². The highest BCUT2D eigenvalue weighted by Gasteiger charge is 2.30. The molecule has 0 aliphatic rings. The van der Waals surface area contributed by atoms with E-state index in [1.807, 2.05) is 38.7 Å². The van der Waals surface area contributed by atoms with Crippen LogP contribution in [0.25, 0.3) is 0 Å². The summed E-state index contributed by atoms with van der Waals surface area (Å²) < 4.78 is 1.86. The molecule has 2 N–H and O–H groups in total. The Kier molecular flexibility index (Phi) is 6.45. The van der Waals surface area contributed by atoms with Crippen LogP contribution in [-0.2, 0) is 13.0 Å². The summed E-state index contributed by atoms with van der Waals surface area (Å²) in [6.07, 6.45) is 5.76. The predicted molar refractivity (Wildman–Crippen MR) is 77.0 cm³/mol. The average Bonchev–Trinajstić information content (AvgIpc) is 2.81. The number of hydrogen-bond acceptors (Lipinski definition) is 4. The van der Waals surface area contributed by atoms with E-state index in [1.54, 1.807) is 0 Å². The van der Waals surface area contributed by atoms with Gasteiger partial charge in [0.25, 0.3) is 0 Å². The Morgan fingerprint density at radius 1 is 1.42 bits per heavy atom. The van der Waals surface area contributed by atoms with Crippen molar-refractivity contribution in [2.75, 3.05) is 13.6 Å². The van der Waals surface area contributed by atoms with E-state index in [0.29, 0.717) is 6.54 Å². The zero-order valence-corrected chi connectivity index (χ0v) is 12.7. The van der Waals surface area contributed by atoms with Gasteiger partial charge in [-0.15, -0.1) is 5.10 Å². The molecule has 0 spiro atoms. The van der Waals surface area contributed by atoms with Crippen molar-refractivity contribution in [2.45, 2.75) is 58.6 Å². The second-order valence-electron chi connectivity index (χ2n) is 5.56. The quantitative estimate of drug-likeness (QED) is 0.668. The third-order valence-corrected chi connectivity index (χ3v) is 3.92. The van der Waals surface area contributed by atoms with E-state index in [0.717, 1.165) is 37.9 Å². The Morgan fingerprint density at radius 3 is 2.74 bits per heavy atom. The Labute approximate surface area is 116 Å². The summed E-state index contributed by atoms with van der Waals surface area (Å²) in [4.78, 5) is 0. The van der Waals surface area contributed by atoms with Crippen LogP contribution >= 0.6 is 0 Å². The molecule has 1 aromatic rings. The molecule has 0 bridgehead atoms. The summed E-state index contributed by atoms with van der Waals surface area (Å²) in [6.45, 7) is 7.68. The van der Waals surface area contributed by atoms with Gasteiger partial charge in [0, 0.05) is 0 Å². The minimum absolute atomic E-state index is 0.207. The van der Waals surface area contributed by atoms with Gasteiger partial charge in [0.2, 0.25) is 0 Å². The van der Waals surface area contributed by atoms with Gasteiger partial charge in [0.1, 0.15) is 0 Å². The molecule has 0 saturated heterocycles. The van der Waals surface area contributed by atoms with Crippen LogP contribution in [0.4, 0.5) is 0 Å². The highest BCUT2D eigenvalue weighted by molar-refractivity contribution is 4.96. The van der Waals surface area contributed by atoms with Crippen LogP contribution in [-0.4, -0.2) is 39.3 Å². The van der Waals surface area contributed by atoms with Gasteiger partial charge in [-0.3, -0.25) is 0 Å². The number of aromatic nitrogens is 3. The van der Waals surface area contributed by atoms with Gasteiger partial charge in [0.15, 0.2) is 0 Å². The first-order valence-corrected chi connectivity index (χ1v) is 7.28. The number of rotatable bonds is 9. The van der Waals surface area contributed by atoms with Crippen LogP contribution in [0.5, 0.6) is 0 Å². The standard InChI is InChI=1S/C14H28N4O/c1-5-14(19,12(2)3)11-18-13(10-16-17-18)8-6-7-9-15-4/h10,12,15,19H,5-9,11H2,1-4H3/t14-/m1/s1. The lowest BCUT2D eigenvalue weighted by atomic mass is 9.87. The molecule has 5 heteroatoms. The molecule has 0 aliphatic carbocycles. The lowest BCUT2D eigenvalue weighted by Crippen LogP contribution is -2.39. The summed E-state index contributed by atoms with van der Waals surface area (Å²) in [5.41, 5.74) is 0.414. The fourth-order valence-electron chi connectivity index (χ4n) is 2.18. The number of aryl methyl sites for hydroxylation is 1. The molecule has 0 fully saturated rings. The van der Waals surface area contributed by atoms with Crippen LogP contribution in [0.15, 0.2) is 6.20 Å². The van der Waals surface area contributed by atoms with E-state index in [9.17, 15) is 5.11 Å². The van der Waals surface area contributed by atoms with Crippen molar-refractivity contribution in [1.29, 1.82) is 0 Å². The number of nitrogens with zero attached hydrogens (tertiary/aromatic N) is 3. The van der Waals surface area contributed by atoms with Crippen molar-refractivity contribution in [3.63, 3.8) is 0 Å². The van der Waals surface area contributed by atoms with Gasteiger partial charge in [-0.05, 0) is 45.2 Å². The normalized spacial score (nSPS) is 14.8. The summed E-state index contributed by atoms with van der Waals surface area (Å²) >= 11 is 0. The lowest BCUT2D eigenvalue weighted by molar-refractivity contribution is -0.0280. The van der Waals surface area contributed by atoms with E-state index in [2.05, 4.69) is 15.6 Å². The SMILES string of the molecule is CC[C@@](O)(Cn1nncc1CCCCNC)C(C)C. The van der Waals surface area contributed by atoms with E-state index < -0.39 is 5.60 Å². The molecule has 5 nitrogen and oxygen atoms in total. The van der Waals surface area contributed by atoms with Crippen molar-refractivity contribution >= 4 is 0 Å². The molecule has 0 unspecified atom stereocenters. The van der Waals surface area contributed by atoms with Crippen LogP contribution in [0.1, 0.15) is 45.7 Å². The number of nitrogens with one attached hydrogen (secondary N) is 1. The molecule has 0 aliphatic heterocycles. The fraction of sp³-hybridized carbons (Fsp3) is 0.857. The highest BCUT2D eigenvalue weighted by Crippen LogP contribution is 2.23. The molecule has 0 radical (unpaired) electrons. The second kappa shape index (κ2) is 7.60. The average molecular weight is 268 g/mol. The maximum Gasteiger partial charge on any atom is 0.0863 e. The summed E-state index contributed by atoms with van der Waals surface area (Å²) in [6, 6.07) is 0. The molecule has 1 rings (SSSR count). The predicted octanol–water partition coefficient (Wildman–Crippen LogP) is 1.62. The monoisotopic (exact) mass is 268 g/mol. The Bertz CT molecular complexity index is 364. The van der Waals surface area contributed by atoms with Crippen molar-refractivity contribution < 1.29 is 5.11 Å². The van der Waals surface area contributed by atoms with E-state index in [1.165, 1.54) is 0 Å². The van der Waals surface area contributed by atoms with Gasteiger partial charge in [-0.2, -0.15) is 0 Å². The fourth-order valence-corrected chi connectivity index (χ4v) is 2.18. The van der Waals surface area contributed by atoms with Gasteiger partial charge < -0.3 is 10.4 Å². The van der Waals surface area contributed by atoms with Gasteiger partial charge >= 0.3 is 0 Å². The Balaban J connectivity index is 2.61. The molecule has 1 heterocycles. The number of unbranched alkanes of at least 4 members (excludes halogenated alkanes) is 1. The summed E-state index contributed by atoms with van der Waals surface area (Å²) in [5, 5.41) is 21.9. The molecule has 1 aromatic heterocycles. The summed E-state index contributed by atoms with van der Waals surface area (Å²) in [7, 11) is 1.97. The van der Waals surface area contributed by atoms with Gasteiger partial charge in [-0.1, -0.05) is 26.0 Å². The molecule has 0 aromatic carbocycles. The topological polar surface area (TPSA) is 63.0 Å². The smallest absolute Gasteiger partial charge is 0.0863 e. The third kappa shape index (κ3) is 4.58. The first-order valence-electron chi connectivity index (χ1n) is 7.28. The first kappa shape index (κ1) is 16.1. The Hall–Kier alpha value is -0.940. The lowest BCUT2D eigenvalue weighted by Gasteiger charge is -2.31. The number of aliphatic hydroxyl groups is 1. The first-order chi connectivity index (χ1) is 9.03. The summed E-state index contributed by atoms with van der Waals surface area (Å²) in [5.74, 6) is 0.207. The molecule has 0 amide bonds. The van der Waals surface area contributed by atoms with E-state index in [-0.39, 0.29) is 5.92 Å². The molecular weight excluding hydrogens is 240 g/mol. The van der Waals surface area contributed by atoms with Crippen molar-refractivity contribution in [2.24, 2.45) is 5.92 Å². The molecular formula is C14H28N4O. The van der Waals surface area contributed by atoms with Gasteiger partial charge in [-0.25, -0.2) is 4.68 Å².